The Labute approximate surface area is 115 Å². The molecule has 1 aromatic rings. The fourth-order valence-corrected chi connectivity index (χ4v) is 2.23. The minimum atomic E-state index is -4.48. The molecular weight excluding hydrogens is 271 g/mol. The van der Waals surface area contributed by atoms with Crippen molar-refractivity contribution in [3.8, 4) is 0 Å². The summed E-state index contributed by atoms with van der Waals surface area (Å²) in [5.74, 6) is -0.0168. The van der Waals surface area contributed by atoms with Crippen LogP contribution in [0.15, 0.2) is 12.4 Å². The van der Waals surface area contributed by atoms with Crippen LogP contribution in [0.2, 0.25) is 0 Å². The van der Waals surface area contributed by atoms with E-state index in [-0.39, 0.29) is 24.4 Å². The quantitative estimate of drug-likeness (QED) is 0.857. The number of hydrogen-bond acceptors (Lipinski definition) is 3. The predicted molar refractivity (Wildman–Crippen MR) is 65.8 cm³/mol. The van der Waals surface area contributed by atoms with E-state index in [1.165, 1.54) is 0 Å². The van der Waals surface area contributed by atoms with Crippen LogP contribution in [0.25, 0.3) is 0 Å². The highest BCUT2D eigenvalue weighted by molar-refractivity contribution is 5.76. The van der Waals surface area contributed by atoms with E-state index in [2.05, 4.69) is 9.97 Å². The highest BCUT2D eigenvalue weighted by Gasteiger charge is 2.32. The topological polar surface area (TPSA) is 46.1 Å². The highest BCUT2D eigenvalue weighted by atomic mass is 19.4. The van der Waals surface area contributed by atoms with Crippen molar-refractivity contribution in [1.82, 2.24) is 14.9 Å². The van der Waals surface area contributed by atoms with Gasteiger partial charge in [-0.3, -0.25) is 4.79 Å². The summed E-state index contributed by atoms with van der Waals surface area (Å²) in [7, 11) is 0. The van der Waals surface area contributed by atoms with E-state index in [1.807, 2.05) is 0 Å². The molecule has 2 rings (SSSR count). The van der Waals surface area contributed by atoms with Crippen LogP contribution in [0.3, 0.4) is 0 Å². The number of nitrogens with zero attached hydrogens (tertiary/aromatic N) is 3. The molecular formula is C13H16F3N3O. The summed E-state index contributed by atoms with van der Waals surface area (Å²) in [6.45, 7) is 1.49. The summed E-state index contributed by atoms with van der Waals surface area (Å²) in [6.07, 6.45) is -0.0626. The molecule has 2 heterocycles. The lowest BCUT2D eigenvalue weighted by Gasteiger charge is -2.26. The van der Waals surface area contributed by atoms with Crippen molar-refractivity contribution in [3.63, 3.8) is 0 Å². The molecule has 1 fully saturated rings. The van der Waals surface area contributed by atoms with Crippen LogP contribution in [0.1, 0.15) is 37.1 Å². The minimum Gasteiger partial charge on any atom is -0.343 e. The van der Waals surface area contributed by atoms with E-state index < -0.39 is 11.9 Å². The van der Waals surface area contributed by atoms with Crippen molar-refractivity contribution in [2.75, 3.05) is 13.1 Å². The van der Waals surface area contributed by atoms with Crippen LogP contribution in [-0.2, 0) is 17.4 Å². The molecule has 7 heteroatoms. The Hall–Kier alpha value is -1.66. The smallest absolute Gasteiger partial charge is 0.343 e. The van der Waals surface area contributed by atoms with Gasteiger partial charge in [0.05, 0.1) is 0 Å². The monoisotopic (exact) mass is 287 g/mol. The lowest BCUT2D eigenvalue weighted by atomic mass is 10.1. The summed E-state index contributed by atoms with van der Waals surface area (Å²) >= 11 is 0. The van der Waals surface area contributed by atoms with Gasteiger partial charge in [-0.25, -0.2) is 9.97 Å². The van der Waals surface area contributed by atoms with Gasteiger partial charge >= 0.3 is 6.18 Å². The number of alkyl halides is 3. The first-order valence-electron chi connectivity index (χ1n) is 6.63. The molecule has 0 N–H and O–H groups in total. The number of carbonyl (C=O) groups is 1. The molecule has 20 heavy (non-hydrogen) atoms. The van der Waals surface area contributed by atoms with Crippen molar-refractivity contribution in [3.05, 3.63) is 23.8 Å². The third-order valence-electron chi connectivity index (χ3n) is 3.32. The number of piperidine rings is 1. The Morgan fingerprint density at radius 2 is 1.90 bits per heavy atom. The Balaban J connectivity index is 1.92. The zero-order chi connectivity index (χ0) is 14.6. The Kier molecular flexibility index (Phi) is 4.57. The van der Waals surface area contributed by atoms with Gasteiger partial charge in [-0.2, -0.15) is 13.2 Å². The number of aryl methyl sites for hydroxylation is 1. The molecule has 4 nitrogen and oxygen atoms in total. The number of carbonyl (C=O) groups excluding carboxylic acids is 1. The van der Waals surface area contributed by atoms with Crippen LogP contribution < -0.4 is 0 Å². The standard InChI is InChI=1S/C13H16F3N3O/c14-13(15,16)11-8-10(17-9-18-11)4-5-12(20)19-6-2-1-3-7-19/h8-9H,1-7H2. The van der Waals surface area contributed by atoms with Gasteiger partial charge in [0.15, 0.2) is 0 Å². The van der Waals surface area contributed by atoms with Crippen LogP contribution in [0.4, 0.5) is 13.2 Å². The number of halogens is 3. The maximum atomic E-state index is 12.5. The molecule has 1 aromatic heterocycles. The molecule has 0 atom stereocenters. The summed E-state index contributed by atoms with van der Waals surface area (Å²) in [4.78, 5) is 20.7. The van der Waals surface area contributed by atoms with Gasteiger partial charge in [-0.1, -0.05) is 0 Å². The maximum absolute atomic E-state index is 12.5. The van der Waals surface area contributed by atoms with Crippen molar-refractivity contribution in [2.24, 2.45) is 0 Å². The Bertz CT molecular complexity index is 470. The predicted octanol–water partition coefficient (Wildman–Crippen LogP) is 2.44. The fraction of sp³-hybridized carbons (Fsp3) is 0.615. The second-order valence-corrected chi connectivity index (χ2v) is 4.83. The molecule has 1 aliphatic heterocycles. The largest absolute Gasteiger partial charge is 0.433 e. The van der Waals surface area contributed by atoms with Crippen LogP contribution in [0, 0.1) is 0 Å². The first-order valence-corrected chi connectivity index (χ1v) is 6.63. The first kappa shape index (κ1) is 14.7. The van der Waals surface area contributed by atoms with E-state index in [0.717, 1.165) is 44.7 Å². The van der Waals surface area contributed by atoms with Crippen molar-refractivity contribution in [1.29, 1.82) is 0 Å². The molecule has 110 valence electrons. The molecule has 0 aliphatic carbocycles. The summed E-state index contributed by atoms with van der Waals surface area (Å²) in [6, 6.07) is 0.906. The van der Waals surface area contributed by atoms with Crippen molar-refractivity contribution < 1.29 is 18.0 Å². The SMILES string of the molecule is O=C(CCc1cc(C(F)(F)F)ncn1)N1CCCCC1. The van der Waals surface area contributed by atoms with E-state index >= 15 is 0 Å². The number of amides is 1. The van der Waals surface area contributed by atoms with Gasteiger partial charge in [0, 0.05) is 25.2 Å². The number of rotatable bonds is 3. The molecule has 1 amide bonds. The van der Waals surface area contributed by atoms with Gasteiger partial charge < -0.3 is 4.90 Å². The molecule has 1 aliphatic rings. The second kappa shape index (κ2) is 6.19. The number of aromatic nitrogens is 2. The van der Waals surface area contributed by atoms with Crippen LogP contribution in [0.5, 0.6) is 0 Å². The van der Waals surface area contributed by atoms with Crippen molar-refractivity contribution >= 4 is 5.91 Å². The normalized spacial score (nSPS) is 16.2. The molecule has 0 saturated carbocycles. The lowest BCUT2D eigenvalue weighted by Crippen LogP contribution is -2.35. The highest BCUT2D eigenvalue weighted by Crippen LogP contribution is 2.27. The Morgan fingerprint density at radius 1 is 1.20 bits per heavy atom. The van der Waals surface area contributed by atoms with E-state index in [0.29, 0.717) is 0 Å². The van der Waals surface area contributed by atoms with E-state index in [1.54, 1.807) is 4.90 Å². The molecule has 0 spiro atoms. The van der Waals surface area contributed by atoms with Crippen molar-refractivity contribution in [2.45, 2.75) is 38.3 Å². The lowest BCUT2D eigenvalue weighted by molar-refractivity contribution is -0.141. The molecule has 0 radical (unpaired) electrons. The first-order chi connectivity index (χ1) is 9.47. The Morgan fingerprint density at radius 3 is 2.55 bits per heavy atom. The van der Waals surface area contributed by atoms with E-state index in [9.17, 15) is 18.0 Å². The third-order valence-corrected chi connectivity index (χ3v) is 3.32. The molecule has 1 saturated heterocycles. The number of hydrogen-bond donors (Lipinski definition) is 0. The second-order valence-electron chi connectivity index (χ2n) is 4.83. The minimum absolute atomic E-state index is 0.0168. The summed E-state index contributed by atoms with van der Waals surface area (Å²) < 4.78 is 37.5. The number of likely N-dealkylation sites (tertiary alicyclic amines) is 1. The van der Waals surface area contributed by atoms with Gasteiger partial charge in [-0.15, -0.1) is 0 Å². The average Bonchev–Trinajstić information content (AvgIpc) is 2.45. The zero-order valence-corrected chi connectivity index (χ0v) is 11.0. The summed E-state index contributed by atoms with van der Waals surface area (Å²) in [5, 5.41) is 0. The van der Waals surface area contributed by atoms with Crippen LogP contribution in [-0.4, -0.2) is 33.9 Å². The van der Waals surface area contributed by atoms with E-state index in [4.69, 9.17) is 0 Å². The van der Waals surface area contributed by atoms with Gasteiger partial charge in [0.1, 0.15) is 12.0 Å². The molecule has 0 aromatic carbocycles. The van der Waals surface area contributed by atoms with Gasteiger partial charge in [-0.05, 0) is 31.7 Å². The fourth-order valence-electron chi connectivity index (χ4n) is 2.23. The maximum Gasteiger partial charge on any atom is 0.433 e. The molecule has 0 bridgehead atoms. The van der Waals surface area contributed by atoms with Crippen LogP contribution >= 0.6 is 0 Å². The summed E-state index contributed by atoms with van der Waals surface area (Å²) in [5.41, 5.74) is -0.717. The molecule has 0 unspecified atom stereocenters. The van der Waals surface area contributed by atoms with Gasteiger partial charge in [0.2, 0.25) is 5.91 Å². The third kappa shape index (κ3) is 3.91. The zero-order valence-electron chi connectivity index (χ0n) is 11.0. The average molecular weight is 287 g/mol. The van der Waals surface area contributed by atoms with Gasteiger partial charge in [0.25, 0.3) is 0 Å².